The van der Waals surface area contributed by atoms with Gasteiger partial charge < -0.3 is 19.1 Å². The average molecular weight is 377 g/mol. The highest BCUT2D eigenvalue weighted by atomic mass is 16.3. The lowest BCUT2D eigenvalue weighted by Crippen LogP contribution is -2.49. The lowest BCUT2D eigenvalue weighted by atomic mass is 10.3. The first kappa shape index (κ1) is 18.0. The zero-order chi connectivity index (χ0) is 19.3. The number of hydrogen-bond donors (Lipinski definition) is 0. The van der Waals surface area contributed by atoms with Crippen LogP contribution in [0.1, 0.15) is 17.5 Å². The zero-order valence-corrected chi connectivity index (χ0v) is 15.9. The Morgan fingerprint density at radius 2 is 1.86 bits per heavy atom. The topological polar surface area (TPSA) is 65.7 Å². The van der Waals surface area contributed by atoms with Crippen LogP contribution in [0, 0.1) is 0 Å². The number of amides is 1. The molecule has 0 saturated carbocycles. The summed E-state index contributed by atoms with van der Waals surface area (Å²) < 4.78 is 5.22. The molecule has 7 nitrogen and oxygen atoms in total. The number of piperazine rings is 1. The summed E-state index contributed by atoms with van der Waals surface area (Å²) >= 11 is 0. The smallest absolute Gasteiger partial charge is 0.289 e. The number of anilines is 3. The Balaban J connectivity index is 1.46. The molecule has 0 aliphatic carbocycles. The molecule has 1 amide bonds. The van der Waals surface area contributed by atoms with E-state index in [1.807, 2.05) is 29.2 Å². The van der Waals surface area contributed by atoms with Crippen LogP contribution in [0.5, 0.6) is 0 Å². The van der Waals surface area contributed by atoms with Gasteiger partial charge in [0.05, 0.1) is 6.26 Å². The van der Waals surface area contributed by atoms with E-state index in [1.54, 1.807) is 18.3 Å². The van der Waals surface area contributed by atoms with Crippen LogP contribution in [-0.2, 0) is 0 Å². The van der Waals surface area contributed by atoms with E-state index in [2.05, 4.69) is 33.8 Å². The monoisotopic (exact) mass is 377 g/mol. The van der Waals surface area contributed by atoms with Crippen LogP contribution in [-0.4, -0.2) is 53.5 Å². The van der Waals surface area contributed by atoms with Crippen molar-refractivity contribution in [3.63, 3.8) is 0 Å². The Hall–Kier alpha value is -3.35. The van der Waals surface area contributed by atoms with E-state index in [-0.39, 0.29) is 5.91 Å². The summed E-state index contributed by atoms with van der Waals surface area (Å²) in [4.78, 5) is 27.7. The molecule has 1 aliphatic heterocycles. The molecule has 0 spiro atoms. The highest BCUT2D eigenvalue weighted by molar-refractivity contribution is 5.91. The van der Waals surface area contributed by atoms with Gasteiger partial charge in [-0.3, -0.25) is 4.79 Å². The highest BCUT2D eigenvalue weighted by Crippen LogP contribution is 2.24. The Labute approximate surface area is 164 Å². The molecule has 3 heterocycles. The molecular weight excluding hydrogens is 354 g/mol. The number of aromatic nitrogens is 2. The zero-order valence-electron chi connectivity index (χ0n) is 15.9. The fourth-order valence-corrected chi connectivity index (χ4v) is 3.39. The first-order valence-electron chi connectivity index (χ1n) is 9.49. The molecule has 0 unspecified atom stereocenters. The van der Waals surface area contributed by atoms with Gasteiger partial charge in [-0.25, -0.2) is 4.98 Å². The fraction of sp³-hybridized carbons (Fsp3) is 0.286. The number of carbonyl (C=O) groups is 1. The van der Waals surface area contributed by atoms with Crippen molar-refractivity contribution in [2.45, 2.75) is 6.92 Å². The van der Waals surface area contributed by atoms with Crippen LogP contribution in [0.25, 0.3) is 0 Å². The summed E-state index contributed by atoms with van der Waals surface area (Å²) in [6, 6.07) is 15.6. The minimum atomic E-state index is -0.0689. The Morgan fingerprint density at radius 3 is 2.54 bits per heavy atom. The van der Waals surface area contributed by atoms with Gasteiger partial charge >= 0.3 is 0 Å². The molecule has 0 radical (unpaired) electrons. The molecule has 144 valence electrons. The van der Waals surface area contributed by atoms with Gasteiger partial charge in [0, 0.05) is 44.6 Å². The number of benzene rings is 1. The molecule has 1 fully saturated rings. The van der Waals surface area contributed by atoms with E-state index < -0.39 is 0 Å². The van der Waals surface area contributed by atoms with Crippen molar-refractivity contribution in [1.29, 1.82) is 0 Å². The van der Waals surface area contributed by atoms with Gasteiger partial charge in [-0.15, -0.1) is 0 Å². The third-order valence-corrected chi connectivity index (χ3v) is 4.87. The number of hydrogen-bond acceptors (Lipinski definition) is 6. The van der Waals surface area contributed by atoms with E-state index in [1.165, 1.54) is 6.26 Å². The van der Waals surface area contributed by atoms with Gasteiger partial charge in [0.1, 0.15) is 5.82 Å². The minimum Gasteiger partial charge on any atom is -0.459 e. The molecule has 28 heavy (non-hydrogen) atoms. The first-order chi connectivity index (χ1) is 13.8. The van der Waals surface area contributed by atoms with Crippen LogP contribution in [0.4, 0.5) is 17.5 Å². The SMILES string of the molecule is CCN(c1ccccc1)c1ccnc(N2CCN(C(=O)c3ccco3)CC2)n1. The summed E-state index contributed by atoms with van der Waals surface area (Å²) in [7, 11) is 0. The molecule has 0 bridgehead atoms. The summed E-state index contributed by atoms with van der Waals surface area (Å²) in [6.45, 7) is 5.52. The first-order valence-corrected chi connectivity index (χ1v) is 9.49. The third-order valence-electron chi connectivity index (χ3n) is 4.87. The van der Waals surface area contributed by atoms with Crippen molar-refractivity contribution < 1.29 is 9.21 Å². The van der Waals surface area contributed by atoms with Crippen molar-refractivity contribution in [2.24, 2.45) is 0 Å². The second-order valence-corrected chi connectivity index (χ2v) is 6.55. The lowest BCUT2D eigenvalue weighted by molar-refractivity contribution is 0.0714. The Morgan fingerprint density at radius 1 is 1.07 bits per heavy atom. The molecule has 7 heteroatoms. The Bertz CT molecular complexity index is 906. The van der Waals surface area contributed by atoms with Crippen LogP contribution >= 0.6 is 0 Å². The largest absolute Gasteiger partial charge is 0.459 e. The maximum absolute atomic E-state index is 12.4. The van der Waals surface area contributed by atoms with Crippen molar-refractivity contribution in [1.82, 2.24) is 14.9 Å². The summed E-state index contributed by atoms with van der Waals surface area (Å²) in [5.74, 6) is 1.87. The van der Waals surface area contributed by atoms with Gasteiger partial charge in [0.25, 0.3) is 5.91 Å². The number of furan rings is 1. The van der Waals surface area contributed by atoms with Crippen molar-refractivity contribution in [2.75, 3.05) is 42.5 Å². The third kappa shape index (κ3) is 3.69. The molecule has 4 rings (SSSR count). The van der Waals surface area contributed by atoms with Gasteiger partial charge in [0.15, 0.2) is 5.76 Å². The van der Waals surface area contributed by atoms with Gasteiger partial charge in [0.2, 0.25) is 5.95 Å². The van der Waals surface area contributed by atoms with Crippen LogP contribution < -0.4 is 9.80 Å². The molecule has 1 saturated heterocycles. The summed E-state index contributed by atoms with van der Waals surface area (Å²) in [5.41, 5.74) is 1.10. The number of rotatable bonds is 5. The number of carbonyl (C=O) groups excluding carboxylic acids is 1. The molecule has 0 atom stereocenters. The summed E-state index contributed by atoms with van der Waals surface area (Å²) in [5, 5.41) is 0. The lowest BCUT2D eigenvalue weighted by Gasteiger charge is -2.34. The van der Waals surface area contributed by atoms with E-state index in [0.717, 1.165) is 18.1 Å². The molecule has 1 aliphatic rings. The number of nitrogens with zero attached hydrogens (tertiary/aromatic N) is 5. The van der Waals surface area contributed by atoms with Crippen molar-refractivity contribution >= 4 is 23.4 Å². The van der Waals surface area contributed by atoms with Crippen LogP contribution in [0.2, 0.25) is 0 Å². The molecular formula is C21H23N5O2. The summed E-state index contributed by atoms with van der Waals surface area (Å²) in [6.07, 6.45) is 3.32. The maximum Gasteiger partial charge on any atom is 0.289 e. The normalized spacial score (nSPS) is 14.2. The van der Waals surface area contributed by atoms with Crippen LogP contribution in [0.3, 0.4) is 0 Å². The highest BCUT2D eigenvalue weighted by Gasteiger charge is 2.25. The van der Waals surface area contributed by atoms with Crippen molar-refractivity contribution in [3.8, 4) is 0 Å². The molecule has 3 aromatic rings. The molecule has 1 aromatic carbocycles. The van der Waals surface area contributed by atoms with Gasteiger partial charge in [-0.1, -0.05) is 18.2 Å². The minimum absolute atomic E-state index is 0.0689. The fourth-order valence-electron chi connectivity index (χ4n) is 3.39. The average Bonchev–Trinajstić information content (AvgIpc) is 3.30. The predicted molar refractivity (Wildman–Crippen MR) is 108 cm³/mol. The van der Waals surface area contributed by atoms with E-state index in [9.17, 15) is 4.79 Å². The van der Waals surface area contributed by atoms with E-state index in [4.69, 9.17) is 9.40 Å². The molecule has 0 N–H and O–H groups in total. The quantitative estimate of drug-likeness (QED) is 0.680. The van der Waals surface area contributed by atoms with E-state index >= 15 is 0 Å². The van der Waals surface area contributed by atoms with E-state index in [0.29, 0.717) is 37.9 Å². The Kier molecular flexibility index (Phi) is 5.23. The van der Waals surface area contributed by atoms with Crippen LogP contribution in [0.15, 0.2) is 65.4 Å². The second kappa shape index (κ2) is 8.12. The van der Waals surface area contributed by atoms with Gasteiger partial charge in [-0.2, -0.15) is 4.98 Å². The van der Waals surface area contributed by atoms with Gasteiger partial charge in [-0.05, 0) is 37.3 Å². The second-order valence-electron chi connectivity index (χ2n) is 6.55. The maximum atomic E-state index is 12.4. The van der Waals surface area contributed by atoms with Crippen molar-refractivity contribution in [3.05, 3.63) is 66.8 Å². The predicted octanol–water partition coefficient (Wildman–Crippen LogP) is 3.19. The molecule has 2 aromatic heterocycles. The standard InChI is InChI=1S/C21H23N5O2/c1-2-26(17-7-4-3-5-8-17)19-10-11-22-21(23-19)25-14-12-24(13-15-25)20(27)18-9-6-16-28-18/h3-11,16H,2,12-15H2,1H3. The number of para-hydroxylation sites is 1.